The Bertz CT molecular complexity index is 965. The number of anilines is 2. The summed E-state index contributed by atoms with van der Waals surface area (Å²) in [6, 6.07) is 13.1. The lowest BCUT2D eigenvalue weighted by atomic mass is 10.0. The van der Waals surface area contributed by atoms with E-state index in [-0.39, 0.29) is 18.4 Å². The van der Waals surface area contributed by atoms with E-state index in [4.69, 9.17) is 15.2 Å². The van der Waals surface area contributed by atoms with Crippen LogP contribution in [0.3, 0.4) is 0 Å². The van der Waals surface area contributed by atoms with Gasteiger partial charge in [0.2, 0.25) is 5.91 Å². The lowest BCUT2D eigenvalue weighted by molar-refractivity contribution is -0.125. The summed E-state index contributed by atoms with van der Waals surface area (Å²) < 4.78 is 10.5. The zero-order valence-corrected chi connectivity index (χ0v) is 18.6. The molecule has 8 heteroatoms. The van der Waals surface area contributed by atoms with E-state index in [1.54, 1.807) is 49.9 Å². The van der Waals surface area contributed by atoms with E-state index in [0.29, 0.717) is 30.8 Å². The summed E-state index contributed by atoms with van der Waals surface area (Å²) in [4.78, 5) is 38.2. The predicted octanol–water partition coefficient (Wildman–Crippen LogP) is 2.51. The van der Waals surface area contributed by atoms with Gasteiger partial charge < -0.3 is 25.4 Å². The largest absolute Gasteiger partial charge is 0.456 e. The molecule has 0 bridgehead atoms. The van der Waals surface area contributed by atoms with Crippen LogP contribution in [0.15, 0.2) is 48.5 Å². The number of nitrogens with one attached hydrogen (secondary N) is 1. The highest BCUT2D eigenvalue weighted by Gasteiger charge is 2.21. The highest BCUT2D eigenvalue weighted by molar-refractivity contribution is 5.96. The second-order valence-corrected chi connectivity index (χ2v) is 8.64. The number of amides is 2. The summed E-state index contributed by atoms with van der Waals surface area (Å²) >= 11 is 0. The number of nitrogens with zero attached hydrogens (tertiary/aromatic N) is 1. The minimum atomic E-state index is -0.753. The molecule has 2 amide bonds. The molecule has 0 radical (unpaired) electrons. The molecule has 2 aromatic carbocycles. The zero-order chi connectivity index (χ0) is 23.3. The minimum Gasteiger partial charge on any atom is -0.456 e. The van der Waals surface area contributed by atoms with Crippen molar-refractivity contribution in [3.05, 3.63) is 59.7 Å². The first-order valence-corrected chi connectivity index (χ1v) is 10.5. The summed E-state index contributed by atoms with van der Waals surface area (Å²) in [7, 11) is 0. The molecule has 3 N–H and O–H groups in total. The first kappa shape index (κ1) is 23.4. The summed E-state index contributed by atoms with van der Waals surface area (Å²) in [6.45, 7) is 6.53. The van der Waals surface area contributed by atoms with Crippen molar-refractivity contribution in [2.75, 3.05) is 30.0 Å². The van der Waals surface area contributed by atoms with Gasteiger partial charge in [-0.1, -0.05) is 12.1 Å². The van der Waals surface area contributed by atoms with Crippen LogP contribution in [0.25, 0.3) is 0 Å². The fourth-order valence-corrected chi connectivity index (χ4v) is 3.21. The normalized spacial score (nSPS) is 15.2. The fourth-order valence-electron chi connectivity index (χ4n) is 3.21. The van der Waals surface area contributed by atoms with Crippen molar-refractivity contribution in [1.82, 2.24) is 0 Å². The maximum absolute atomic E-state index is 12.5. The predicted molar refractivity (Wildman–Crippen MR) is 122 cm³/mol. The van der Waals surface area contributed by atoms with E-state index in [0.717, 1.165) is 11.3 Å². The number of rotatable bonds is 6. The van der Waals surface area contributed by atoms with Gasteiger partial charge in [-0.15, -0.1) is 0 Å². The van der Waals surface area contributed by atoms with Crippen LogP contribution in [0.4, 0.5) is 11.4 Å². The Labute approximate surface area is 187 Å². The second-order valence-electron chi connectivity index (χ2n) is 8.64. The third-order valence-corrected chi connectivity index (χ3v) is 4.81. The van der Waals surface area contributed by atoms with E-state index in [1.165, 1.54) is 0 Å². The molecule has 2 aromatic rings. The average Bonchev–Trinajstić information content (AvgIpc) is 2.74. The quantitative estimate of drug-likeness (QED) is 0.669. The Morgan fingerprint density at radius 3 is 2.38 bits per heavy atom. The molecular formula is C24H29N3O5. The number of ether oxygens (including phenoxy) is 2. The van der Waals surface area contributed by atoms with Gasteiger partial charge in [0.15, 0.2) is 0 Å². The number of esters is 1. The van der Waals surface area contributed by atoms with E-state index < -0.39 is 17.6 Å². The van der Waals surface area contributed by atoms with Crippen LogP contribution in [0.1, 0.15) is 36.7 Å². The molecule has 1 heterocycles. The minimum absolute atomic E-state index is 0.0715. The zero-order valence-electron chi connectivity index (χ0n) is 18.6. The summed E-state index contributed by atoms with van der Waals surface area (Å²) in [5.41, 5.74) is 8.13. The molecule has 0 spiro atoms. The average molecular weight is 440 g/mol. The molecule has 170 valence electrons. The van der Waals surface area contributed by atoms with Crippen LogP contribution in [0, 0.1) is 0 Å². The van der Waals surface area contributed by atoms with Crippen molar-refractivity contribution in [2.45, 2.75) is 38.8 Å². The van der Waals surface area contributed by atoms with Gasteiger partial charge in [0, 0.05) is 17.9 Å². The van der Waals surface area contributed by atoms with Crippen molar-refractivity contribution in [1.29, 1.82) is 0 Å². The Morgan fingerprint density at radius 1 is 1.12 bits per heavy atom. The monoisotopic (exact) mass is 439 g/mol. The lowest BCUT2D eigenvalue weighted by Crippen LogP contribution is -2.41. The van der Waals surface area contributed by atoms with Crippen LogP contribution in [-0.4, -0.2) is 49.2 Å². The third kappa shape index (κ3) is 6.38. The molecule has 0 aromatic heterocycles. The molecule has 32 heavy (non-hydrogen) atoms. The van der Waals surface area contributed by atoms with Crippen LogP contribution >= 0.6 is 0 Å². The molecule has 1 aliphatic heterocycles. The highest BCUT2D eigenvalue weighted by atomic mass is 16.6. The van der Waals surface area contributed by atoms with Crippen LogP contribution < -0.4 is 16.0 Å². The molecule has 8 nitrogen and oxygen atoms in total. The smallest absolute Gasteiger partial charge is 0.338 e. The second kappa shape index (κ2) is 9.93. The molecule has 1 saturated heterocycles. The Morgan fingerprint density at radius 2 is 1.78 bits per heavy atom. The third-order valence-electron chi connectivity index (χ3n) is 4.81. The SMILES string of the molecule is CC(C)(C)OC(=O)c1ccc(NC(=O)C(N)Cc2ccc(N3CCOCC3=O)cc2)cc1. The molecule has 1 atom stereocenters. The number of hydrogen-bond donors (Lipinski definition) is 2. The molecule has 0 aliphatic carbocycles. The van der Waals surface area contributed by atoms with Gasteiger partial charge in [0.1, 0.15) is 12.2 Å². The summed E-state index contributed by atoms with van der Waals surface area (Å²) in [5.74, 6) is -0.825. The van der Waals surface area contributed by atoms with Gasteiger partial charge in [-0.25, -0.2) is 4.79 Å². The van der Waals surface area contributed by atoms with E-state index in [2.05, 4.69) is 5.32 Å². The van der Waals surface area contributed by atoms with Gasteiger partial charge >= 0.3 is 5.97 Å². The summed E-state index contributed by atoms with van der Waals surface area (Å²) in [5, 5.41) is 2.76. The molecule has 1 unspecified atom stereocenters. The van der Waals surface area contributed by atoms with Crippen molar-refractivity contribution in [3.63, 3.8) is 0 Å². The van der Waals surface area contributed by atoms with Gasteiger partial charge in [-0.2, -0.15) is 0 Å². The van der Waals surface area contributed by atoms with Gasteiger partial charge in [0.25, 0.3) is 5.91 Å². The number of nitrogens with two attached hydrogens (primary N) is 1. The van der Waals surface area contributed by atoms with Crippen LogP contribution in [0.2, 0.25) is 0 Å². The Balaban J connectivity index is 1.54. The molecular weight excluding hydrogens is 410 g/mol. The Kier molecular flexibility index (Phi) is 7.27. The number of carbonyl (C=O) groups is 3. The van der Waals surface area contributed by atoms with E-state index >= 15 is 0 Å². The van der Waals surface area contributed by atoms with Gasteiger partial charge in [0.05, 0.1) is 18.2 Å². The first-order chi connectivity index (χ1) is 15.1. The van der Waals surface area contributed by atoms with E-state index in [1.807, 2.05) is 24.3 Å². The van der Waals surface area contributed by atoms with Gasteiger partial charge in [-0.05, 0) is 69.2 Å². The maximum Gasteiger partial charge on any atom is 0.338 e. The molecule has 3 rings (SSSR count). The molecule has 1 aliphatic rings. The topological polar surface area (TPSA) is 111 Å². The van der Waals surface area contributed by atoms with Crippen molar-refractivity contribution in [2.24, 2.45) is 5.73 Å². The number of hydrogen-bond acceptors (Lipinski definition) is 6. The lowest BCUT2D eigenvalue weighted by Gasteiger charge is -2.27. The first-order valence-electron chi connectivity index (χ1n) is 10.5. The molecule has 1 fully saturated rings. The van der Waals surface area contributed by atoms with Gasteiger partial charge in [-0.3, -0.25) is 9.59 Å². The Hall–Kier alpha value is -3.23. The van der Waals surface area contributed by atoms with Crippen LogP contribution in [0.5, 0.6) is 0 Å². The van der Waals surface area contributed by atoms with Crippen molar-refractivity contribution in [3.8, 4) is 0 Å². The number of benzene rings is 2. The fraction of sp³-hybridized carbons (Fsp3) is 0.375. The highest BCUT2D eigenvalue weighted by Crippen LogP contribution is 2.19. The standard InChI is InChI=1S/C24H29N3O5/c1-24(2,3)32-23(30)17-6-8-18(9-7-17)26-22(29)20(25)14-16-4-10-19(11-5-16)27-12-13-31-15-21(27)28/h4-11,20H,12-15,25H2,1-3H3,(H,26,29). The van der Waals surface area contributed by atoms with Crippen molar-refractivity contribution < 1.29 is 23.9 Å². The maximum atomic E-state index is 12.5. The van der Waals surface area contributed by atoms with Crippen LogP contribution in [-0.2, 0) is 25.5 Å². The van der Waals surface area contributed by atoms with E-state index in [9.17, 15) is 14.4 Å². The number of carbonyl (C=O) groups excluding carboxylic acids is 3. The summed E-state index contributed by atoms with van der Waals surface area (Å²) in [6.07, 6.45) is 0.346. The number of morpholine rings is 1. The molecule has 0 saturated carbocycles. The van der Waals surface area contributed by atoms with Crippen molar-refractivity contribution >= 4 is 29.2 Å².